The minimum Gasteiger partial charge on any atom is -0.262 e. The molecular formula is C2H4N4O. The Balaban J connectivity index is 2.49. The summed E-state index contributed by atoms with van der Waals surface area (Å²) in [5, 5.41) is 15.3. The lowest BCUT2D eigenvalue weighted by Crippen LogP contribution is -2.25. The molecule has 0 radical (unpaired) electrons. The van der Waals surface area contributed by atoms with Gasteiger partial charge in [-0.2, -0.15) is 0 Å². The summed E-state index contributed by atoms with van der Waals surface area (Å²) in [6, 6.07) is 0. The van der Waals surface area contributed by atoms with Crippen molar-refractivity contribution in [1.29, 1.82) is 0 Å². The van der Waals surface area contributed by atoms with E-state index < -0.39 is 0 Å². The van der Waals surface area contributed by atoms with Gasteiger partial charge in [-0.05, 0) is 5.22 Å². The van der Waals surface area contributed by atoms with Crippen LogP contribution >= 0.6 is 0 Å². The molecule has 38 valence electrons. The van der Waals surface area contributed by atoms with Gasteiger partial charge in [-0.3, -0.25) is 10.6 Å². The normalized spacial score (nSPS) is 17.0. The highest BCUT2D eigenvalue weighted by Crippen LogP contribution is 1.86. The molecule has 0 aromatic rings. The van der Waals surface area contributed by atoms with Gasteiger partial charge < -0.3 is 0 Å². The fourth-order valence-corrected chi connectivity index (χ4v) is 0.238. The first kappa shape index (κ1) is 4.07. The van der Waals surface area contributed by atoms with E-state index in [9.17, 15) is 0 Å². The molecule has 0 aliphatic carbocycles. The van der Waals surface area contributed by atoms with Crippen molar-refractivity contribution in [1.82, 2.24) is 10.7 Å². The van der Waals surface area contributed by atoms with Gasteiger partial charge >= 0.3 is 0 Å². The second-order valence-electron chi connectivity index (χ2n) is 0.939. The van der Waals surface area contributed by atoms with Crippen LogP contribution in [0.3, 0.4) is 0 Å². The van der Waals surface area contributed by atoms with Crippen molar-refractivity contribution in [2.45, 2.75) is 0 Å². The Morgan fingerprint density at radius 1 is 1.71 bits per heavy atom. The lowest BCUT2D eigenvalue weighted by Gasteiger charge is -2.07. The van der Waals surface area contributed by atoms with Crippen molar-refractivity contribution < 1.29 is 5.21 Å². The second kappa shape index (κ2) is 1.57. The molecule has 2 N–H and O–H groups in total. The van der Waals surface area contributed by atoms with Gasteiger partial charge in [0, 0.05) is 6.20 Å². The van der Waals surface area contributed by atoms with E-state index in [0.717, 1.165) is 0 Å². The van der Waals surface area contributed by atoms with Crippen molar-refractivity contribution in [3.8, 4) is 0 Å². The predicted molar refractivity (Wildman–Crippen MR) is 20.8 cm³/mol. The quantitative estimate of drug-likeness (QED) is 0.451. The van der Waals surface area contributed by atoms with Crippen molar-refractivity contribution in [3.05, 3.63) is 12.4 Å². The number of hydrogen-bond donors (Lipinski definition) is 2. The van der Waals surface area contributed by atoms with Crippen molar-refractivity contribution >= 4 is 0 Å². The lowest BCUT2D eigenvalue weighted by atomic mass is 10.9. The molecule has 0 fully saturated rings. The highest BCUT2D eigenvalue weighted by molar-refractivity contribution is 4.74. The van der Waals surface area contributed by atoms with Crippen LogP contribution in [0.25, 0.3) is 0 Å². The molecule has 0 unspecified atom stereocenters. The third-order valence-corrected chi connectivity index (χ3v) is 0.468. The highest BCUT2D eigenvalue weighted by Gasteiger charge is 1.88. The Hall–Kier alpha value is -1.10. The summed E-state index contributed by atoms with van der Waals surface area (Å²) in [7, 11) is 0. The molecule has 1 aliphatic heterocycles. The molecule has 0 spiro atoms. The first-order chi connectivity index (χ1) is 3.39. The van der Waals surface area contributed by atoms with E-state index in [1.807, 2.05) is 0 Å². The van der Waals surface area contributed by atoms with E-state index in [1.54, 1.807) is 0 Å². The summed E-state index contributed by atoms with van der Waals surface area (Å²) in [4.78, 5) is 0. The number of rotatable bonds is 0. The maximum Gasteiger partial charge on any atom is 0.0691 e. The molecule has 5 nitrogen and oxygen atoms in total. The summed E-state index contributed by atoms with van der Waals surface area (Å²) in [6.45, 7) is 0. The van der Waals surface area contributed by atoms with Crippen LogP contribution in [0.4, 0.5) is 0 Å². The van der Waals surface area contributed by atoms with Crippen molar-refractivity contribution in [2.24, 2.45) is 10.3 Å². The molecule has 0 amide bonds. The van der Waals surface area contributed by atoms with Gasteiger partial charge in [-0.1, -0.05) is 5.28 Å². The van der Waals surface area contributed by atoms with Crippen molar-refractivity contribution in [2.75, 3.05) is 0 Å². The monoisotopic (exact) mass is 100 g/mol. The van der Waals surface area contributed by atoms with E-state index in [1.165, 1.54) is 12.4 Å². The number of nitrogens with one attached hydrogen (secondary N) is 1. The molecule has 0 aromatic heterocycles. The summed E-state index contributed by atoms with van der Waals surface area (Å²) in [5.74, 6) is 0. The third kappa shape index (κ3) is 0.866. The van der Waals surface area contributed by atoms with Crippen LogP contribution in [-0.2, 0) is 0 Å². The molecule has 0 bridgehead atoms. The number of hydrogen-bond acceptors (Lipinski definition) is 5. The number of hydrazine groups is 1. The summed E-state index contributed by atoms with van der Waals surface area (Å²) in [5.41, 5.74) is 2.33. The Morgan fingerprint density at radius 3 is 2.86 bits per heavy atom. The summed E-state index contributed by atoms with van der Waals surface area (Å²) < 4.78 is 0. The molecule has 7 heavy (non-hydrogen) atoms. The van der Waals surface area contributed by atoms with Gasteiger partial charge in [0.1, 0.15) is 0 Å². The highest BCUT2D eigenvalue weighted by atomic mass is 16.6. The van der Waals surface area contributed by atoms with Gasteiger partial charge in [0.05, 0.1) is 6.20 Å². The minimum atomic E-state index is 0.514. The Morgan fingerprint density at radius 2 is 2.57 bits per heavy atom. The Kier molecular flexibility index (Phi) is 0.910. The Bertz CT molecular complexity index is 108. The molecule has 1 aliphatic rings. The molecule has 0 saturated heterocycles. The first-order valence-corrected chi connectivity index (χ1v) is 1.70. The zero-order chi connectivity index (χ0) is 5.11. The maximum absolute atomic E-state index is 8.32. The van der Waals surface area contributed by atoms with Crippen LogP contribution in [0.2, 0.25) is 0 Å². The predicted octanol–water partition coefficient (Wildman–Crippen LogP) is 0.0342. The average Bonchev–Trinajstić information content (AvgIpc) is 1.69. The molecule has 1 heterocycles. The SMILES string of the molecule is ON1N=NC=CN1. The van der Waals surface area contributed by atoms with Crippen LogP contribution in [0.1, 0.15) is 0 Å². The minimum absolute atomic E-state index is 0.514. The van der Waals surface area contributed by atoms with Crippen LogP contribution in [-0.4, -0.2) is 10.5 Å². The fraction of sp³-hybridized carbons (Fsp3) is 0. The topological polar surface area (TPSA) is 60.2 Å². The van der Waals surface area contributed by atoms with Crippen LogP contribution in [0.5, 0.6) is 0 Å². The zero-order valence-corrected chi connectivity index (χ0v) is 3.44. The largest absolute Gasteiger partial charge is 0.262 e. The second-order valence-corrected chi connectivity index (χ2v) is 0.939. The number of nitrogens with zero attached hydrogens (tertiary/aromatic N) is 3. The van der Waals surface area contributed by atoms with E-state index in [2.05, 4.69) is 15.8 Å². The van der Waals surface area contributed by atoms with Crippen LogP contribution < -0.4 is 5.43 Å². The van der Waals surface area contributed by atoms with E-state index in [-0.39, 0.29) is 0 Å². The average molecular weight is 100 g/mol. The third-order valence-electron chi connectivity index (χ3n) is 0.468. The smallest absolute Gasteiger partial charge is 0.0691 e. The molecule has 0 saturated carbocycles. The molecule has 1 rings (SSSR count). The summed E-state index contributed by atoms with van der Waals surface area (Å²) >= 11 is 0. The molecule has 5 heteroatoms. The zero-order valence-electron chi connectivity index (χ0n) is 3.44. The molecule has 0 atom stereocenters. The van der Waals surface area contributed by atoms with Gasteiger partial charge in [0.15, 0.2) is 0 Å². The van der Waals surface area contributed by atoms with Gasteiger partial charge in [0.2, 0.25) is 0 Å². The maximum atomic E-state index is 8.32. The molecule has 0 aromatic carbocycles. The first-order valence-electron chi connectivity index (χ1n) is 1.70. The summed E-state index contributed by atoms with van der Waals surface area (Å²) in [6.07, 6.45) is 2.87. The standard InChI is InChI=1S/C2H4N4O/c7-6-4-2-1-3-5-6/h1-2,4,7H. The van der Waals surface area contributed by atoms with Gasteiger partial charge in [-0.25, -0.2) is 0 Å². The van der Waals surface area contributed by atoms with E-state index in [0.29, 0.717) is 5.28 Å². The van der Waals surface area contributed by atoms with Gasteiger partial charge in [-0.15, -0.1) is 5.11 Å². The molecular weight excluding hydrogens is 96.0 g/mol. The van der Waals surface area contributed by atoms with E-state index in [4.69, 9.17) is 5.21 Å². The van der Waals surface area contributed by atoms with Crippen LogP contribution in [0.15, 0.2) is 22.7 Å². The van der Waals surface area contributed by atoms with Crippen LogP contribution in [0, 0.1) is 0 Å². The Labute approximate surface area is 39.9 Å². The van der Waals surface area contributed by atoms with Crippen molar-refractivity contribution in [3.63, 3.8) is 0 Å². The lowest BCUT2D eigenvalue weighted by molar-refractivity contribution is -0.133. The van der Waals surface area contributed by atoms with Gasteiger partial charge in [0.25, 0.3) is 0 Å². The fourth-order valence-electron chi connectivity index (χ4n) is 0.238. The van der Waals surface area contributed by atoms with E-state index >= 15 is 0 Å².